The maximum absolute atomic E-state index is 10.9. The van der Waals surface area contributed by atoms with Gasteiger partial charge in [0.05, 0.1) is 5.88 Å². The summed E-state index contributed by atoms with van der Waals surface area (Å²) < 4.78 is 118. The van der Waals surface area contributed by atoms with E-state index in [2.05, 4.69) is 34.8 Å². The molecule has 0 aromatic rings. The Balaban J connectivity index is -0.000000223. The highest BCUT2D eigenvalue weighted by Crippen LogP contribution is 2.38. The Morgan fingerprint density at radius 3 is 0.900 bits per heavy atom. The fraction of sp³-hybridized carbons (Fsp3) is 1.00. The molecule has 0 rings (SSSR count). The molecule has 0 amide bonds. The molecule has 0 atom stereocenters. The van der Waals surface area contributed by atoms with Crippen molar-refractivity contribution in [2.75, 3.05) is 5.88 Å². The van der Waals surface area contributed by atoms with Gasteiger partial charge >= 0.3 is 23.4 Å². The second-order valence-electron chi connectivity index (χ2n) is 2.38. The molecule has 0 aromatic carbocycles. The predicted molar refractivity (Wildman–Crippen MR) is 50.4 cm³/mol. The molecule has 0 fully saturated rings. The molecule has 0 nitrogen and oxygen atoms in total. The normalized spacial score (nSPS) is 12.6. The lowest BCUT2D eigenvalue weighted by Gasteiger charge is -2.10. The Labute approximate surface area is 119 Å². The molecule has 0 radical (unpaired) electrons. The first-order valence-corrected chi connectivity index (χ1v) is 5.08. The first-order chi connectivity index (χ1) is 8.46. The van der Waals surface area contributed by atoms with Crippen molar-refractivity contribution < 1.29 is 48.3 Å². The number of hydrogen-bond acceptors (Lipinski definition) is 0. The molecule has 0 aromatic heterocycles. The number of alkyl halides is 14. The van der Waals surface area contributed by atoms with Gasteiger partial charge in [-0.2, -0.15) is 30.7 Å². The summed E-state index contributed by atoms with van der Waals surface area (Å²) in [4.78, 5) is 0. The lowest BCUT2D eigenvalue weighted by molar-refractivity contribution is -0.241. The van der Waals surface area contributed by atoms with Crippen LogP contribution in [0.15, 0.2) is 0 Å². The minimum atomic E-state index is -5.63. The van der Waals surface area contributed by atoms with Crippen molar-refractivity contribution in [3.63, 3.8) is 0 Å². The molecule has 20 heavy (non-hydrogen) atoms. The number of hydrogen-bond donors (Lipinski definition) is 0. The maximum atomic E-state index is 10.9. The molecule has 0 heterocycles. The smallest absolute Gasteiger partial charge is 0.209 e. The quantitative estimate of drug-likeness (QED) is 0.403. The van der Waals surface area contributed by atoms with Crippen LogP contribution in [-0.2, 0) is 0 Å². The minimum Gasteiger partial charge on any atom is -0.209 e. The molecule has 0 bridgehead atoms. The van der Waals surface area contributed by atoms with Gasteiger partial charge in [0.25, 0.3) is 6.43 Å². The van der Waals surface area contributed by atoms with Crippen LogP contribution in [-0.4, -0.2) is 35.7 Å². The molecule has 0 spiro atoms. The first-order valence-electron chi connectivity index (χ1n) is 3.79. The lowest BCUT2D eigenvalue weighted by Crippen LogP contribution is -2.29. The maximum Gasteiger partial charge on any atom is 0.469 e. The molecular weight excluding hydrogens is 387 g/mol. The molecule has 0 saturated carbocycles. The van der Waals surface area contributed by atoms with Gasteiger partial charge in [0.15, 0.2) is 0 Å². The minimum absolute atomic E-state index is 0.556. The van der Waals surface area contributed by atoms with Crippen molar-refractivity contribution in [1.82, 2.24) is 0 Å². The van der Waals surface area contributed by atoms with Crippen LogP contribution in [0.1, 0.15) is 0 Å². The summed E-state index contributed by atoms with van der Waals surface area (Å²) in [5.41, 5.74) is 0. The average molecular weight is 391 g/mol. The number of rotatable bonds is 2. The SMILES string of the molecule is FC(F)(F)C(F)(F)Cl.FC(F)C(F)(F)Cl.FC(F)CCl. The third-order valence-corrected chi connectivity index (χ3v) is 1.30. The standard InChI is InChI=1S/C2ClF5.C2HClF4.C2H3ClF2/c3-1(4,5)2(6,7)8;3-2(6,7)1(4)5;3-1-2(4)5/h;1H;2H,1H2. The summed E-state index contributed by atoms with van der Waals surface area (Å²) in [5, 5.41) is -9.45. The fourth-order valence-electron chi connectivity index (χ4n) is 0. The molecule has 126 valence electrons. The molecule has 0 aliphatic rings. The van der Waals surface area contributed by atoms with Gasteiger partial charge in [-0.05, 0) is 23.2 Å². The Morgan fingerprint density at radius 1 is 0.750 bits per heavy atom. The van der Waals surface area contributed by atoms with Gasteiger partial charge in [0, 0.05) is 0 Å². The van der Waals surface area contributed by atoms with Gasteiger partial charge in [0.1, 0.15) is 0 Å². The Morgan fingerprint density at radius 2 is 0.900 bits per heavy atom. The van der Waals surface area contributed by atoms with Gasteiger partial charge < -0.3 is 0 Å². The van der Waals surface area contributed by atoms with Crippen molar-refractivity contribution in [3.8, 4) is 0 Å². The third-order valence-electron chi connectivity index (χ3n) is 0.686. The summed E-state index contributed by atoms with van der Waals surface area (Å²) in [7, 11) is 0. The van der Waals surface area contributed by atoms with Crippen LogP contribution in [0.5, 0.6) is 0 Å². The largest absolute Gasteiger partial charge is 0.469 e. The lowest BCUT2D eigenvalue weighted by atomic mass is 10.7. The summed E-state index contributed by atoms with van der Waals surface area (Å²) in [6.07, 6.45) is -11.7. The summed E-state index contributed by atoms with van der Waals surface area (Å²) in [6.45, 7) is 0. The van der Waals surface area contributed by atoms with Gasteiger partial charge in [0.2, 0.25) is 0 Å². The zero-order valence-electron chi connectivity index (χ0n) is 8.65. The molecule has 0 unspecified atom stereocenters. The third kappa shape index (κ3) is 18.1. The Kier molecular flexibility index (Phi) is 12.5. The molecular formula is C6H4Cl3F11. The van der Waals surface area contributed by atoms with Crippen LogP contribution in [0.2, 0.25) is 0 Å². The van der Waals surface area contributed by atoms with E-state index in [0.717, 1.165) is 0 Å². The van der Waals surface area contributed by atoms with E-state index in [9.17, 15) is 48.3 Å². The molecule has 0 saturated heterocycles. The zero-order chi connectivity index (χ0) is 17.4. The average Bonchev–Trinajstić information content (AvgIpc) is 2.14. The van der Waals surface area contributed by atoms with Crippen LogP contribution in [0, 0.1) is 0 Å². The highest BCUT2D eigenvalue weighted by molar-refractivity contribution is 6.22. The molecule has 0 aliphatic heterocycles. The Bertz CT molecular complexity index is 216. The van der Waals surface area contributed by atoms with Crippen LogP contribution in [0.3, 0.4) is 0 Å². The van der Waals surface area contributed by atoms with Crippen LogP contribution in [0.4, 0.5) is 48.3 Å². The summed E-state index contributed by atoms with van der Waals surface area (Å²) >= 11 is 11.9. The summed E-state index contributed by atoms with van der Waals surface area (Å²) in [6, 6.07) is 0. The van der Waals surface area contributed by atoms with Gasteiger partial charge in [-0.1, -0.05) is 0 Å². The topological polar surface area (TPSA) is 0 Å². The molecule has 0 N–H and O–H groups in total. The van der Waals surface area contributed by atoms with E-state index in [-0.39, 0.29) is 0 Å². The summed E-state index contributed by atoms with van der Waals surface area (Å²) in [5.74, 6) is -0.556. The Hall–Kier alpha value is 0.1000. The second kappa shape index (κ2) is 9.93. The van der Waals surface area contributed by atoms with E-state index >= 15 is 0 Å². The van der Waals surface area contributed by atoms with E-state index in [4.69, 9.17) is 0 Å². The first kappa shape index (κ1) is 25.1. The van der Waals surface area contributed by atoms with Gasteiger partial charge in [-0.25, -0.2) is 17.6 Å². The fourth-order valence-corrected chi connectivity index (χ4v) is 0. The van der Waals surface area contributed by atoms with Crippen LogP contribution in [0.25, 0.3) is 0 Å². The van der Waals surface area contributed by atoms with E-state index in [1.54, 1.807) is 0 Å². The van der Waals surface area contributed by atoms with Gasteiger partial charge in [-0.15, -0.1) is 11.6 Å². The van der Waals surface area contributed by atoms with Crippen molar-refractivity contribution in [2.24, 2.45) is 0 Å². The second-order valence-corrected chi connectivity index (χ2v) is 3.67. The highest BCUT2D eigenvalue weighted by Gasteiger charge is 2.56. The predicted octanol–water partition coefficient (Wildman–Crippen LogP) is 5.95. The molecule has 0 aliphatic carbocycles. The monoisotopic (exact) mass is 390 g/mol. The van der Waals surface area contributed by atoms with E-state index < -0.39 is 35.7 Å². The van der Waals surface area contributed by atoms with Crippen molar-refractivity contribution in [3.05, 3.63) is 0 Å². The zero-order valence-corrected chi connectivity index (χ0v) is 10.9. The number of halogens is 14. The van der Waals surface area contributed by atoms with E-state index in [1.807, 2.05) is 0 Å². The van der Waals surface area contributed by atoms with Crippen molar-refractivity contribution >= 4 is 34.8 Å². The van der Waals surface area contributed by atoms with Gasteiger partial charge in [-0.3, -0.25) is 0 Å². The molecule has 14 heteroatoms. The van der Waals surface area contributed by atoms with E-state index in [1.165, 1.54) is 0 Å². The van der Waals surface area contributed by atoms with Crippen LogP contribution >= 0.6 is 34.8 Å². The van der Waals surface area contributed by atoms with Crippen molar-refractivity contribution in [1.29, 1.82) is 0 Å². The van der Waals surface area contributed by atoms with Crippen molar-refractivity contribution in [2.45, 2.75) is 29.8 Å². The van der Waals surface area contributed by atoms with Crippen LogP contribution < -0.4 is 0 Å². The highest BCUT2D eigenvalue weighted by atomic mass is 35.5. The van der Waals surface area contributed by atoms with E-state index in [0.29, 0.717) is 0 Å².